The minimum Gasteiger partial charge on any atom is -0.497 e. The van der Waals surface area contributed by atoms with E-state index in [1.807, 2.05) is 42.5 Å². The van der Waals surface area contributed by atoms with Crippen LogP contribution in [0.15, 0.2) is 48.5 Å². The molecule has 0 amide bonds. The Labute approximate surface area is 124 Å². The van der Waals surface area contributed by atoms with Crippen LogP contribution in [0.25, 0.3) is 0 Å². The van der Waals surface area contributed by atoms with Crippen LogP contribution in [0.2, 0.25) is 0 Å². The number of benzene rings is 2. The molecule has 0 saturated carbocycles. The molecule has 2 aromatic rings. The summed E-state index contributed by atoms with van der Waals surface area (Å²) >= 11 is 0. The lowest BCUT2D eigenvalue weighted by molar-refractivity contribution is 0.106. The highest BCUT2D eigenvalue weighted by Crippen LogP contribution is 2.33. The number of hydrogen-bond donors (Lipinski definition) is 2. The molecule has 2 atom stereocenters. The summed E-state index contributed by atoms with van der Waals surface area (Å²) < 4.78 is 10.4. The SMILES string of the molecule is COc1cccc(C(O)C(CO)c2cccc(OC)c2)c1. The van der Waals surface area contributed by atoms with Gasteiger partial charge in [-0.2, -0.15) is 0 Å². The van der Waals surface area contributed by atoms with Crippen molar-refractivity contribution in [1.82, 2.24) is 0 Å². The molecule has 0 aromatic heterocycles. The minimum atomic E-state index is -0.822. The fourth-order valence-corrected chi connectivity index (χ4v) is 2.32. The molecular formula is C17H20O4. The zero-order chi connectivity index (χ0) is 15.2. The lowest BCUT2D eigenvalue weighted by Gasteiger charge is -2.22. The van der Waals surface area contributed by atoms with Crippen LogP contribution in [0, 0.1) is 0 Å². The Bertz CT molecular complexity index is 583. The number of aliphatic hydroxyl groups excluding tert-OH is 2. The molecule has 21 heavy (non-hydrogen) atoms. The van der Waals surface area contributed by atoms with E-state index in [2.05, 4.69) is 0 Å². The second-order valence-electron chi connectivity index (χ2n) is 4.79. The molecule has 0 aliphatic rings. The highest BCUT2D eigenvalue weighted by molar-refractivity contribution is 5.35. The lowest BCUT2D eigenvalue weighted by atomic mass is 9.89. The molecule has 0 aliphatic heterocycles. The fourth-order valence-electron chi connectivity index (χ4n) is 2.32. The summed E-state index contributed by atoms with van der Waals surface area (Å²) in [5.41, 5.74) is 1.53. The molecule has 2 rings (SSSR count). The number of ether oxygens (including phenoxy) is 2. The van der Waals surface area contributed by atoms with Gasteiger partial charge in [-0.25, -0.2) is 0 Å². The summed E-state index contributed by atoms with van der Waals surface area (Å²) in [6.07, 6.45) is -0.822. The summed E-state index contributed by atoms with van der Waals surface area (Å²) in [6.45, 7) is -0.161. The molecule has 0 spiro atoms. The van der Waals surface area contributed by atoms with E-state index in [0.29, 0.717) is 17.1 Å². The first kappa shape index (κ1) is 15.4. The van der Waals surface area contributed by atoms with Crippen molar-refractivity contribution in [3.05, 3.63) is 59.7 Å². The normalized spacial score (nSPS) is 13.5. The molecule has 2 aromatic carbocycles. The molecule has 0 saturated heterocycles. The number of methoxy groups -OCH3 is 2. The first-order valence-corrected chi connectivity index (χ1v) is 6.76. The first-order chi connectivity index (χ1) is 10.2. The van der Waals surface area contributed by atoms with Crippen LogP contribution in [0.5, 0.6) is 11.5 Å². The van der Waals surface area contributed by atoms with Crippen molar-refractivity contribution >= 4 is 0 Å². The summed E-state index contributed by atoms with van der Waals surface area (Å²) in [5.74, 6) is 0.949. The Morgan fingerprint density at radius 2 is 1.43 bits per heavy atom. The fraction of sp³-hybridized carbons (Fsp3) is 0.294. The summed E-state index contributed by atoms with van der Waals surface area (Å²) in [4.78, 5) is 0. The van der Waals surface area contributed by atoms with Crippen LogP contribution in [-0.4, -0.2) is 31.0 Å². The minimum absolute atomic E-state index is 0.161. The molecule has 112 valence electrons. The summed E-state index contributed by atoms with van der Waals surface area (Å²) in [6, 6.07) is 14.6. The summed E-state index contributed by atoms with van der Waals surface area (Å²) in [7, 11) is 3.17. The van der Waals surface area contributed by atoms with Gasteiger partial charge >= 0.3 is 0 Å². The van der Waals surface area contributed by atoms with Crippen molar-refractivity contribution in [3.8, 4) is 11.5 Å². The maximum absolute atomic E-state index is 10.6. The van der Waals surface area contributed by atoms with Crippen LogP contribution >= 0.6 is 0 Å². The van der Waals surface area contributed by atoms with E-state index in [-0.39, 0.29) is 6.61 Å². The highest BCUT2D eigenvalue weighted by atomic mass is 16.5. The van der Waals surface area contributed by atoms with E-state index in [1.165, 1.54) is 0 Å². The monoisotopic (exact) mass is 288 g/mol. The van der Waals surface area contributed by atoms with Crippen LogP contribution in [0.1, 0.15) is 23.1 Å². The average molecular weight is 288 g/mol. The molecule has 2 unspecified atom stereocenters. The second kappa shape index (κ2) is 7.11. The van der Waals surface area contributed by atoms with Gasteiger partial charge in [-0.1, -0.05) is 24.3 Å². The second-order valence-corrected chi connectivity index (χ2v) is 4.79. The Hall–Kier alpha value is -2.04. The third-order valence-corrected chi connectivity index (χ3v) is 3.54. The predicted octanol–water partition coefficient (Wildman–Crippen LogP) is 2.51. The Kier molecular flexibility index (Phi) is 5.20. The van der Waals surface area contributed by atoms with Gasteiger partial charge in [0.15, 0.2) is 0 Å². The smallest absolute Gasteiger partial charge is 0.119 e. The zero-order valence-corrected chi connectivity index (χ0v) is 12.2. The van der Waals surface area contributed by atoms with Crippen LogP contribution in [0.3, 0.4) is 0 Å². The van der Waals surface area contributed by atoms with Crippen LogP contribution in [-0.2, 0) is 0 Å². The van der Waals surface area contributed by atoms with Crippen molar-refractivity contribution in [3.63, 3.8) is 0 Å². The lowest BCUT2D eigenvalue weighted by Crippen LogP contribution is -2.15. The van der Waals surface area contributed by atoms with Gasteiger partial charge < -0.3 is 19.7 Å². The Balaban J connectivity index is 2.30. The van der Waals surface area contributed by atoms with E-state index in [9.17, 15) is 10.2 Å². The molecule has 0 fully saturated rings. The van der Waals surface area contributed by atoms with Crippen molar-refractivity contribution < 1.29 is 19.7 Å². The number of rotatable bonds is 6. The molecule has 0 bridgehead atoms. The maximum Gasteiger partial charge on any atom is 0.119 e. The van der Waals surface area contributed by atoms with E-state index in [1.54, 1.807) is 20.3 Å². The van der Waals surface area contributed by atoms with Gasteiger partial charge in [-0.15, -0.1) is 0 Å². The molecule has 4 nitrogen and oxygen atoms in total. The quantitative estimate of drug-likeness (QED) is 0.857. The first-order valence-electron chi connectivity index (χ1n) is 6.76. The number of aliphatic hydroxyl groups is 2. The van der Waals surface area contributed by atoms with Crippen molar-refractivity contribution in [2.75, 3.05) is 20.8 Å². The zero-order valence-electron chi connectivity index (χ0n) is 12.2. The predicted molar refractivity (Wildman–Crippen MR) is 80.8 cm³/mol. The van der Waals surface area contributed by atoms with Crippen LogP contribution < -0.4 is 9.47 Å². The third kappa shape index (κ3) is 3.54. The van der Waals surface area contributed by atoms with Crippen molar-refractivity contribution in [1.29, 1.82) is 0 Å². The molecule has 2 N–H and O–H groups in total. The molecule has 0 heterocycles. The van der Waals surface area contributed by atoms with Gasteiger partial charge in [0.05, 0.1) is 26.9 Å². The molecule has 0 radical (unpaired) electrons. The van der Waals surface area contributed by atoms with Crippen molar-refractivity contribution in [2.24, 2.45) is 0 Å². The highest BCUT2D eigenvalue weighted by Gasteiger charge is 2.23. The Morgan fingerprint density at radius 3 is 1.95 bits per heavy atom. The molecular weight excluding hydrogens is 268 g/mol. The van der Waals surface area contributed by atoms with Gasteiger partial charge in [-0.3, -0.25) is 0 Å². The summed E-state index contributed by atoms with van der Waals surface area (Å²) in [5, 5.41) is 20.2. The average Bonchev–Trinajstić information content (AvgIpc) is 2.55. The van der Waals surface area contributed by atoms with Gasteiger partial charge in [0, 0.05) is 5.92 Å². The number of hydrogen-bond acceptors (Lipinski definition) is 4. The van der Waals surface area contributed by atoms with Gasteiger partial charge in [0.25, 0.3) is 0 Å². The van der Waals surface area contributed by atoms with E-state index in [0.717, 1.165) is 5.56 Å². The van der Waals surface area contributed by atoms with E-state index in [4.69, 9.17) is 9.47 Å². The van der Waals surface area contributed by atoms with Crippen LogP contribution in [0.4, 0.5) is 0 Å². The molecule has 0 aliphatic carbocycles. The van der Waals surface area contributed by atoms with Gasteiger partial charge in [-0.05, 0) is 35.4 Å². The third-order valence-electron chi connectivity index (χ3n) is 3.54. The van der Waals surface area contributed by atoms with Gasteiger partial charge in [0.2, 0.25) is 0 Å². The largest absolute Gasteiger partial charge is 0.497 e. The topological polar surface area (TPSA) is 58.9 Å². The Morgan fingerprint density at radius 1 is 0.905 bits per heavy atom. The van der Waals surface area contributed by atoms with E-state index < -0.39 is 12.0 Å². The maximum atomic E-state index is 10.6. The standard InChI is InChI=1S/C17H20O4/c1-20-14-7-3-5-12(9-14)16(11-18)17(19)13-6-4-8-15(10-13)21-2/h3-10,16-19H,11H2,1-2H3. The van der Waals surface area contributed by atoms with E-state index >= 15 is 0 Å². The molecule has 4 heteroatoms. The van der Waals surface area contributed by atoms with Crippen molar-refractivity contribution in [2.45, 2.75) is 12.0 Å². The van der Waals surface area contributed by atoms with Gasteiger partial charge in [0.1, 0.15) is 11.5 Å².